The number of hydrogen-bond acceptors (Lipinski definition) is 6. The quantitative estimate of drug-likeness (QED) is 0.386. The molecule has 2 aromatic heterocycles. The first-order chi connectivity index (χ1) is 18.2. The number of aromatic nitrogens is 2. The van der Waals surface area contributed by atoms with E-state index in [2.05, 4.69) is 38.6 Å². The molecule has 5 N–H and O–H groups in total. The number of amides is 3. The topological polar surface area (TPSA) is 133 Å². The number of primary amides is 1. The van der Waals surface area contributed by atoms with Gasteiger partial charge >= 0.3 is 0 Å². The number of nitrogens with one attached hydrogen (secondary N) is 3. The zero-order chi connectivity index (χ0) is 26.6. The van der Waals surface area contributed by atoms with E-state index in [4.69, 9.17) is 5.73 Å². The lowest BCUT2D eigenvalue weighted by Gasteiger charge is -2.35. The van der Waals surface area contributed by atoms with Crippen LogP contribution in [-0.2, 0) is 17.8 Å². The van der Waals surface area contributed by atoms with Gasteiger partial charge in [-0.3, -0.25) is 14.4 Å². The molecule has 2 saturated carbocycles. The van der Waals surface area contributed by atoms with Crippen molar-refractivity contribution in [2.45, 2.75) is 70.0 Å². The lowest BCUT2D eigenvalue weighted by atomic mass is 9.74. The maximum Gasteiger partial charge on any atom is 0.280 e. The predicted octanol–water partition coefficient (Wildman–Crippen LogP) is 2.98. The van der Waals surface area contributed by atoms with E-state index in [1.54, 1.807) is 0 Å². The summed E-state index contributed by atoms with van der Waals surface area (Å²) in [5, 5.41) is 7.78. The number of thiazole rings is 1. The number of likely N-dealkylation sites (N-methyl/N-ethyl adjacent to an activating group) is 1. The largest absolute Gasteiger partial charge is 0.364 e. The summed E-state index contributed by atoms with van der Waals surface area (Å²) in [5.41, 5.74) is 10.00. The number of fused-ring (bicyclic) bond motifs is 2. The Morgan fingerprint density at radius 3 is 2.71 bits per heavy atom. The van der Waals surface area contributed by atoms with Crippen LogP contribution in [0.4, 0.5) is 0 Å². The first-order valence-electron chi connectivity index (χ1n) is 13.5. The summed E-state index contributed by atoms with van der Waals surface area (Å²) in [6.45, 7) is 3.76. The zero-order valence-electron chi connectivity index (χ0n) is 21.8. The summed E-state index contributed by atoms with van der Waals surface area (Å²) in [7, 11) is 2.07. The Labute approximate surface area is 225 Å². The molecule has 3 aliphatic rings. The van der Waals surface area contributed by atoms with Crippen LogP contribution in [0.25, 0.3) is 10.9 Å². The van der Waals surface area contributed by atoms with Gasteiger partial charge in [-0.15, -0.1) is 11.3 Å². The third-order valence-corrected chi connectivity index (χ3v) is 9.18. The van der Waals surface area contributed by atoms with Crippen LogP contribution >= 0.6 is 11.3 Å². The van der Waals surface area contributed by atoms with Crippen molar-refractivity contribution in [2.75, 3.05) is 13.6 Å². The molecule has 3 amide bonds. The molecule has 1 aliphatic heterocycles. The van der Waals surface area contributed by atoms with Gasteiger partial charge in [0.15, 0.2) is 5.01 Å². The maximum atomic E-state index is 13.3. The van der Waals surface area contributed by atoms with Crippen LogP contribution in [0.3, 0.4) is 0 Å². The molecule has 9 nitrogen and oxygen atoms in total. The second kappa shape index (κ2) is 9.81. The molecule has 1 aromatic carbocycles. The standard InChI is InChI=1S/C28H34N6O3S/c1-14-3-6-20-19(9-14)23(24(32-20)25(29)35)15-10-16(26(36)30-17-4-5-17)12-18(11-15)31-27(37)28-33-21-7-8-34(2)13-22(21)38-28/h3,6,9,15-18,32H,4-5,7-8,10-13H2,1-2H3,(H2,29,35)(H,30,36)(H,31,37)/t15?,16-,18?/m0/s1. The van der Waals surface area contributed by atoms with Crippen LogP contribution in [0.1, 0.15) is 80.0 Å². The lowest BCUT2D eigenvalue weighted by molar-refractivity contribution is -0.126. The van der Waals surface area contributed by atoms with Gasteiger partial charge in [0.2, 0.25) is 5.91 Å². The van der Waals surface area contributed by atoms with E-state index in [1.807, 2.05) is 19.1 Å². The molecule has 2 unspecified atom stereocenters. The van der Waals surface area contributed by atoms with Gasteiger partial charge in [-0.1, -0.05) is 11.6 Å². The van der Waals surface area contributed by atoms with Gasteiger partial charge < -0.3 is 26.3 Å². The molecule has 2 fully saturated rings. The number of nitrogens with two attached hydrogens (primary N) is 1. The van der Waals surface area contributed by atoms with Gasteiger partial charge in [-0.05, 0) is 69.7 Å². The molecule has 200 valence electrons. The number of carbonyl (C=O) groups is 3. The number of rotatable bonds is 6. The summed E-state index contributed by atoms with van der Waals surface area (Å²) >= 11 is 1.46. The second-order valence-corrected chi connectivity index (χ2v) is 12.3. The van der Waals surface area contributed by atoms with Crippen molar-refractivity contribution >= 4 is 40.0 Å². The normalized spacial score (nSPS) is 23.7. The number of aromatic amines is 1. The van der Waals surface area contributed by atoms with Crippen LogP contribution in [-0.4, -0.2) is 58.3 Å². The van der Waals surface area contributed by atoms with E-state index in [-0.39, 0.29) is 35.7 Å². The van der Waals surface area contributed by atoms with Gasteiger partial charge in [-0.2, -0.15) is 0 Å². The average molecular weight is 535 g/mol. The fourth-order valence-electron chi connectivity index (χ4n) is 6.05. The van der Waals surface area contributed by atoms with Crippen LogP contribution in [0.15, 0.2) is 18.2 Å². The van der Waals surface area contributed by atoms with E-state index >= 15 is 0 Å². The molecule has 0 radical (unpaired) electrons. The third-order valence-electron chi connectivity index (χ3n) is 8.10. The monoisotopic (exact) mass is 534 g/mol. The molecule has 38 heavy (non-hydrogen) atoms. The van der Waals surface area contributed by atoms with Crippen molar-refractivity contribution in [2.24, 2.45) is 11.7 Å². The van der Waals surface area contributed by atoms with Crippen molar-refractivity contribution in [1.29, 1.82) is 0 Å². The molecule has 10 heteroatoms. The van der Waals surface area contributed by atoms with E-state index in [0.717, 1.165) is 65.0 Å². The minimum atomic E-state index is -0.516. The minimum absolute atomic E-state index is 0.0286. The first-order valence-corrected chi connectivity index (χ1v) is 14.3. The molecule has 3 atom stereocenters. The van der Waals surface area contributed by atoms with Crippen molar-refractivity contribution < 1.29 is 14.4 Å². The molecule has 3 heterocycles. The summed E-state index contributed by atoms with van der Waals surface area (Å²) in [6, 6.07) is 6.05. The molecular weight excluding hydrogens is 500 g/mol. The fourth-order valence-corrected chi connectivity index (χ4v) is 7.14. The number of H-pyrrole nitrogens is 1. The van der Waals surface area contributed by atoms with Crippen LogP contribution in [0.2, 0.25) is 0 Å². The Hall–Kier alpha value is -3.24. The Balaban J connectivity index is 1.30. The Morgan fingerprint density at radius 1 is 1.13 bits per heavy atom. The number of nitrogens with zero attached hydrogens (tertiary/aromatic N) is 2. The summed E-state index contributed by atoms with van der Waals surface area (Å²) < 4.78 is 0. The van der Waals surface area contributed by atoms with Gasteiger partial charge in [0.05, 0.1) is 5.69 Å². The van der Waals surface area contributed by atoms with Gasteiger partial charge in [-0.25, -0.2) is 4.98 Å². The number of hydrogen-bond donors (Lipinski definition) is 4. The van der Waals surface area contributed by atoms with Crippen molar-refractivity contribution in [3.8, 4) is 0 Å². The van der Waals surface area contributed by atoms with E-state index in [0.29, 0.717) is 30.0 Å². The van der Waals surface area contributed by atoms with Gasteiger partial charge in [0, 0.05) is 53.3 Å². The number of aryl methyl sites for hydroxylation is 1. The van der Waals surface area contributed by atoms with Crippen LogP contribution in [0.5, 0.6) is 0 Å². The Morgan fingerprint density at radius 2 is 1.95 bits per heavy atom. The number of carbonyl (C=O) groups excluding carboxylic acids is 3. The third kappa shape index (κ3) is 4.94. The van der Waals surface area contributed by atoms with Crippen LogP contribution in [0, 0.1) is 12.8 Å². The maximum absolute atomic E-state index is 13.3. The SMILES string of the molecule is Cc1ccc2[nH]c(C(N)=O)c(C3CC(NC(=O)c4nc5c(s4)CN(C)CC5)C[C@@H](C(=O)NC4CC4)C3)c2c1. The average Bonchev–Trinajstić information content (AvgIpc) is 3.45. The van der Waals surface area contributed by atoms with Crippen LogP contribution < -0.4 is 16.4 Å². The smallest absolute Gasteiger partial charge is 0.280 e. The molecule has 0 bridgehead atoms. The molecule has 0 spiro atoms. The first kappa shape index (κ1) is 25.1. The van der Waals surface area contributed by atoms with E-state index in [9.17, 15) is 14.4 Å². The molecular formula is C28H34N6O3S. The van der Waals surface area contributed by atoms with E-state index in [1.165, 1.54) is 11.3 Å². The summed E-state index contributed by atoms with van der Waals surface area (Å²) in [4.78, 5) is 50.3. The van der Waals surface area contributed by atoms with Crippen molar-refractivity contribution in [3.05, 3.63) is 50.6 Å². The van der Waals surface area contributed by atoms with Crippen molar-refractivity contribution in [1.82, 2.24) is 25.5 Å². The fraction of sp³-hybridized carbons (Fsp3) is 0.500. The molecule has 0 saturated heterocycles. The number of benzene rings is 1. The minimum Gasteiger partial charge on any atom is -0.364 e. The lowest BCUT2D eigenvalue weighted by Crippen LogP contribution is -2.45. The highest BCUT2D eigenvalue weighted by molar-refractivity contribution is 7.13. The predicted molar refractivity (Wildman–Crippen MR) is 146 cm³/mol. The van der Waals surface area contributed by atoms with E-state index < -0.39 is 5.91 Å². The highest BCUT2D eigenvalue weighted by Gasteiger charge is 2.39. The zero-order valence-corrected chi connectivity index (χ0v) is 22.6. The molecule has 2 aliphatic carbocycles. The highest BCUT2D eigenvalue weighted by Crippen LogP contribution is 2.42. The molecule has 3 aromatic rings. The summed E-state index contributed by atoms with van der Waals surface area (Å²) in [5.74, 6) is -1.06. The Bertz CT molecular complexity index is 1420. The van der Waals surface area contributed by atoms with Gasteiger partial charge in [0.1, 0.15) is 5.69 Å². The van der Waals surface area contributed by atoms with Gasteiger partial charge in [0.25, 0.3) is 11.8 Å². The Kier molecular flexibility index (Phi) is 6.47. The highest BCUT2D eigenvalue weighted by atomic mass is 32.1. The summed E-state index contributed by atoms with van der Waals surface area (Å²) in [6.07, 6.45) is 4.65. The van der Waals surface area contributed by atoms with Crippen molar-refractivity contribution in [3.63, 3.8) is 0 Å². The molecule has 6 rings (SSSR count). The second-order valence-electron chi connectivity index (χ2n) is 11.3.